The Morgan fingerprint density at radius 3 is 2.44 bits per heavy atom. The summed E-state index contributed by atoms with van der Waals surface area (Å²) in [5.74, 6) is 0.863. The Morgan fingerprint density at radius 2 is 1.69 bits per heavy atom. The van der Waals surface area contributed by atoms with Crippen LogP contribution >= 0.6 is 0 Å². The summed E-state index contributed by atoms with van der Waals surface area (Å²) in [5.41, 5.74) is 1.94. The van der Waals surface area contributed by atoms with Gasteiger partial charge in [0.2, 0.25) is 5.91 Å². The van der Waals surface area contributed by atoms with Crippen molar-refractivity contribution < 1.29 is 14.3 Å². The number of amides is 3. The Kier molecular flexibility index (Phi) is 7.30. The number of carbonyl (C=O) groups is 2. The van der Waals surface area contributed by atoms with Crippen LogP contribution in [-0.2, 0) is 4.79 Å². The number of methoxy groups -OCH3 is 1. The first kappa shape index (κ1) is 22.2. The van der Waals surface area contributed by atoms with Gasteiger partial charge in [0.15, 0.2) is 0 Å². The maximum atomic E-state index is 13.7. The lowest BCUT2D eigenvalue weighted by molar-refractivity contribution is -0.139. The second-order valence-corrected chi connectivity index (χ2v) is 8.75. The number of piperidine rings is 1. The summed E-state index contributed by atoms with van der Waals surface area (Å²) in [6, 6.07) is 17.5. The lowest BCUT2D eigenvalue weighted by atomic mass is 9.94. The van der Waals surface area contributed by atoms with Crippen molar-refractivity contribution in [2.24, 2.45) is 5.92 Å². The lowest BCUT2D eigenvalue weighted by Crippen LogP contribution is -2.48. The van der Waals surface area contributed by atoms with Crippen LogP contribution in [0.4, 0.5) is 10.5 Å². The number of benzene rings is 2. The topological polar surface area (TPSA) is 61.9 Å². The number of carbonyl (C=O) groups excluding carboxylic acids is 2. The molecule has 170 valence electrons. The predicted molar refractivity (Wildman–Crippen MR) is 126 cm³/mol. The van der Waals surface area contributed by atoms with E-state index in [1.807, 2.05) is 42.5 Å². The van der Waals surface area contributed by atoms with Crippen LogP contribution in [0.25, 0.3) is 0 Å². The molecule has 0 radical (unpaired) electrons. The lowest BCUT2D eigenvalue weighted by Gasteiger charge is -2.37. The van der Waals surface area contributed by atoms with Crippen LogP contribution in [0.5, 0.6) is 5.75 Å². The molecule has 32 heavy (non-hydrogen) atoms. The summed E-state index contributed by atoms with van der Waals surface area (Å²) in [5, 5.41) is 2.96. The van der Waals surface area contributed by atoms with Crippen LogP contribution in [0.15, 0.2) is 54.6 Å². The van der Waals surface area contributed by atoms with Gasteiger partial charge in [0.25, 0.3) is 0 Å². The Hall–Kier alpha value is -3.02. The number of nitrogens with one attached hydrogen (secondary N) is 1. The number of rotatable bonds is 4. The average molecular weight is 436 g/mol. The molecule has 2 saturated heterocycles. The Morgan fingerprint density at radius 1 is 0.906 bits per heavy atom. The second-order valence-electron chi connectivity index (χ2n) is 8.75. The molecule has 0 unspecified atom stereocenters. The summed E-state index contributed by atoms with van der Waals surface area (Å²) in [6.45, 7) is 1.94. The molecular formula is C26H33N3O3. The van der Waals surface area contributed by atoms with Gasteiger partial charge in [-0.15, -0.1) is 0 Å². The molecule has 2 aliphatic heterocycles. The van der Waals surface area contributed by atoms with E-state index in [4.69, 9.17) is 4.74 Å². The smallest absolute Gasteiger partial charge is 0.321 e. The number of para-hydroxylation sites is 1. The Balaban J connectivity index is 1.46. The maximum Gasteiger partial charge on any atom is 0.321 e. The van der Waals surface area contributed by atoms with E-state index < -0.39 is 0 Å². The van der Waals surface area contributed by atoms with Crippen LogP contribution in [0.2, 0.25) is 0 Å². The molecule has 1 N–H and O–H groups in total. The van der Waals surface area contributed by atoms with Crippen LogP contribution in [0, 0.1) is 5.92 Å². The minimum absolute atomic E-state index is 0.0874. The van der Waals surface area contributed by atoms with Crippen molar-refractivity contribution in [3.63, 3.8) is 0 Å². The summed E-state index contributed by atoms with van der Waals surface area (Å²) < 4.78 is 5.30. The molecule has 3 amide bonds. The molecule has 2 aliphatic rings. The largest absolute Gasteiger partial charge is 0.497 e. The predicted octanol–water partition coefficient (Wildman–Crippen LogP) is 5.08. The van der Waals surface area contributed by atoms with Crippen molar-refractivity contribution in [3.8, 4) is 5.75 Å². The molecule has 2 aromatic carbocycles. The number of hydrogen-bond donors (Lipinski definition) is 1. The highest BCUT2D eigenvalue weighted by Gasteiger charge is 2.35. The summed E-state index contributed by atoms with van der Waals surface area (Å²) >= 11 is 0. The fraction of sp³-hybridized carbons (Fsp3) is 0.462. The highest BCUT2D eigenvalue weighted by Crippen LogP contribution is 2.33. The van der Waals surface area contributed by atoms with E-state index in [1.165, 1.54) is 0 Å². The first-order chi connectivity index (χ1) is 15.7. The zero-order valence-electron chi connectivity index (χ0n) is 18.8. The van der Waals surface area contributed by atoms with Gasteiger partial charge in [-0.25, -0.2) is 4.79 Å². The van der Waals surface area contributed by atoms with Crippen molar-refractivity contribution in [1.82, 2.24) is 9.80 Å². The number of likely N-dealkylation sites (tertiary alicyclic amines) is 2. The molecule has 0 saturated carbocycles. The highest BCUT2D eigenvalue weighted by atomic mass is 16.5. The SMILES string of the molecule is COc1ccc([C@@H]2CCCCCN2C(=O)[C@H]2CCCN(C(=O)Nc3ccccc3)C2)cc1. The fourth-order valence-corrected chi connectivity index (χ4v) is 4.87. The number of hydrogen-bond acceptors (Lipinski definition) is 3. The molecule has 4 rings (SSSR count). The molecule has 0 spiro atoms. The summed E-state index contributed by atoms with van der Waals surface area (Å²) in [7, 11) is 1.67. The Labute approximate surface area is 190 Å². The van der Waals surface area contributed by atoms with Crippen molar-refractivity contribution >= 4 is 17.6 Å². The van der Waals surface area contributed by atoms with Crippen molar-refractivity contribution in [2.45, 2.75) is 44.6 Å². The fourth-order valence-electron chi connectivity index (χ4n) is 4.87. The van der Waals surface area contributed by atoms with E-state index in [2.05, 4.69) is 22.3 Å². The number of ether oxygens (including phenoxy) is 1. The third-order valence-corrected chi connectivity index (χ3v) is 6.62. The van der Waals surface area contributed by atoms with Crippen LogP contribution < -0.4 is 10.1 Å². The minimum Gasteiger partial charge on any atom is -0.497 e. The van der Waals surface area contributed by atoms with E-state index in [0.717, 1.165) is 62.1 Å². The van der Waals surface area contributed by atoms with Gasteiger partial charge in [-0.3, -0.25) is 4.79 Å². The normalized spacial score (nSPS) is 21.5. The molecule has 2 atom stereocenters. The minimum atomic E-state index is -0.149. The monoisotopic (exact) mass is 435 g/mol. The van der Waals surface area contributed by atoms with E-state index >= 15 is 0 Å². The molecule has 2 aromatic rings. The number of anilines is 1. The quantitative estimate of drug-likeness (QED) is 0.728. The van der Waals surface area contributed by atoms with Crippen molar-refractivity contribution in [1.29, 1.82) is 0 Å². The molecule has 0 aromatic heterocycles. The van der Waals surface area contributed by atoms with Gasteiger partial charge in [0, 0.05) is 25.3 Å². The van der Waals surface area contributed by atoms with E-state index in [9.17, 15) is 9.59 Å². The van der Waals surface area contributed by atoms with Crippen LogP contribution in [0.3, 0.4) is 0 Å². The van der Waals surface area contributed by atoms with E-state index in [-0.39, 0.29) is 23.9 Å². The van der Waals surface area contributed by atoms with E-state index in [1.54, 1.807) is 12.0 Å². The molecular weight excluding hydrogens is 402 g/mol. The van der Waals surface area contributed by atoms with Crippen molar-refractivity contribution in [2.75, 3.05) is 32.1 Å². The standard InChI is InChI=1S/C26H33N3O3/c1-32-23-15-13-20(14-16-23)24-12-6-3-7-18-29(24)25(30)21-9-8-17-28(19-21)26(31)27-22-10-4-2-5-11-22/h2,4-5,10-11,13-16,21,24H,3,6-9,12,17-19H2,1H3,(H,27,31)/t21-,24-/m0/s1. The van der Waals surface area contributed by atoms with Gasteiger partial charge in [0.1, 0.15) is 5.75 Å². The van der Waals surface area contributed by atoms with Crippen molar-refractivity contribution in [3.05, 3.63) is 60.2 Å². The molecule has 0 aliphatic carbocycles. The summed E-state index contributed by atoms with van der Waals surface area (Å²) in [4.78, 5) is 30.3. The zero-order chi connectivity index (χ0) is 22.3. The van der Waals surface area contributed by atoms with Gasteiger partial charge in [-0.2, -0.15) is 0 Å². The maximum absolute atomic E-state index is 13.7. The first-order valence-electron chi connectivity index (χ1n) is 11.7. The molecule has 0 bridgehead atoms. The van der Waals surface area contributed by atoms with Crippen LogP contribution in [-0.4, -0.2) is 48.5 Å². The van der Waals surface area contributed by atoms with Gasteiger partial charge in [0.05, 0.1) is 19.1 Å². The molecule has 2 heterocycles. The van der Waals surface area contributed by atoms with E-state index in [0.29, 0.717) is 13.1 Å². The first-order valence-corrected chi connectivity index (χ1v) is 11.7. The molecule has 6 nitrogen and oxygen atoms in total. The molecule has 2 fully saturated rings. The average Bonchev–Trinajstić information content (AvgIpc) is 3.10. The third-order valence-electron chi connectivity index (χ3n) is 6.62. The number of urea groups is 1. The van der Waals surface area contributed by atoms with Gasteiger partial charge < -0.3 is 19.9 Å². The zero-order valence-corrected chi connectivity index (χ0v) is 18.8. The number of nitrogens with zero attached hydrogens (tertiary/aromatic N) is 2. The van der Waals surface area contributed by atoms with Crippen LogP contribution in [0.1, 0.15) is 50.1 Å². The molecule has 6 heteroatoms. The highest BCUT2D eigenvalue weighted by molar-refractivity contribution is 5.90. The summed E-state index contributed by atoms with van der Waals surface area (Å²) in [6.07, 6.45) is 5.95. The Bertz CT molecular complexity index is 900. The van der Waals surface area contributed by atoms with Gasteiger partial charge in [-0.05, 0) is 55.5 Å². The third kappa shape index (κ3) is 5.23. The van der Waals surface area contributed by atoms with Gasteiger partial charge in [-0.1, -0.05) is 43.2 Å². The van der Waals surface area contributed by atoms with Gasteiger partial charge >= 0.3 is 6.03 Å². The second kappa shape index (κ2) is 10.5.